The zero-order valence-electron chi connectivity index (χ0n) is 11.9. The highest BCUT2D eigenvalue weighted by atomic mass is 16.4. The minimum absolute atomic E-state index is 0.313. The highest BCUT2D eigenvalue weighted by Crippen LogP contribution is 2.48. The molecule has 0 bridgehead atoms. The minimum Gasteiger partial charge on any atom is -0.423 e. The Balaban J connectivity index is 1.95. The fourth-order valence-electron chi connectivity index (χ4n) is 3.96. The lowest BCUT2D eigenvalue weighted by Crippen LogP contribution is -2.29. The molecule has 1 aliphatic carbocycles. The van der Waals surface area contributed by atoms with Gasteiger partial charge in [0.25, 0.3) is 0 Å². The Morgan fingerprint density at radius 1 is 1.09 bits per heavy atom. The summed E-state index contributed by atoms with van der Waals surface area (Å²) in [5.74, 6) is 0. The minimum atomic E-state index is -1.43. The van der Waals surface area contributed by atoms with Crippen molar-refractivity contribution in [3.8, 4) is 0 Å². The molecule has 2 heterocycles. The second kappa shape index (κ2) is 4.12. The largest absolute Gasteiger partial charge is 0.488 e. The SMILES string of the molecule is OB(O)c1ccc2c3cccc4c3n(c2c1)C1CC=CC=C41. The zero-order valence-corrected chi connectivity index (χ0v) is 11.9. The number of allylic oxidation sites excluding steroid dienone is 4. The van der Waals surface area contributed by atoms with Crippen molar-refractivity contribution in [1.82, 2.24) is 4.57 Å². The number of rotatable bonds is 1. The highest BCUT2D eigenvalue weighted by molar-refractivity contribution is 6.59. The van der Waals surface area contributed by atoms with E-state index in [1.807, 2.05) is 12.1 Å². The quantitative estimate of drug-likeness (QED) is 0.675. The topological polar surface area (TPSA) is 45.4 Å². The summed E-state index contributed by atoms with van der Waals surface area (Å²) in [5, 5.41) is 21.4. The second-order valence-electron chi connectivity index (χ2n) is 6.02. The highest BCUT2D eigenvalue weighted by Gasteiger charge is 2.31. The third-order valence-corrected chi connectivity index (χ3v) is 4.90. The molecule has 0 amide bonds. The van der Waals surface area contributed by atoms with Crippen LogP contribution in [0.5, 0.6) is 0 Å². The Hall–Kier alpha value is -2.30. The van der Waals surface area contributed by atoms with E-state index in [9.17, 15) is 10.0 Å². The van der Waals surface area contributed by atoms with Crippen LogP contribution in [-0.2, 0) is 0 Å². The number of para-hydroxylation sites is 1. The molecular weight excluding hydrogens is 273 g/mol. The van der Waals surface area contributed by atoms with E-state index < -0.39 is 7.12 Å². The van der Waals surface area contributed by atoms with Crippen molar-refractivity contribution in [3.05, 3.63) is 60.2 Å². The van der Waals surface area contributed by atoms with Gasteiger partial charge in [0.2, 0.25) is 0 Å². The van der Waals surface area contributed by atoms with Crippen LogP contribution in [0.3, 0.4) is 0 Å². The average Bonchev–Trinajstić information content (AvgIpc) is 3.06. The molecule has 1 atom stereocenters. The Kier molecular flexibility index (Phi) is 2.30. The van der Waals surface area contributed by atoms with Crippen LogP contribution in [0, 0.1) is 0 Å². The molecule has 5 rings (SSSR count). The molecule has 1 unspecified atom stereocenters. The average molecular weight is 287 g/mol. The van der Waals surface area contributed by atoms with Crippen molar-refractivity contribution in [1.29, 1.82) is 0 Å². The Bertz CT molecular complexity index is 997. The van der Waals surface area contributed by atoms with Crippen LogP contribution < -0.4 is 5.46 Å². The maximum atomic E-state index is 9.49. The number of benzene rings is 2. The predicted octanol–water partition coefficient (Wildman–Crippen LogP) is 2.37. The number of fused-ring (bicyclic) bond motifs is 6. The molecule has 0 fully saturated rings. The van der Waals surface area contributed by atoms with Gasteiger partial charge >= 0.3 is 7.12 Å². The van der Waals surface area contributed by atoms with Crippen LogP contribution in [0.1, 0.15) is 18.0 Å². The molecule has 3 aromatic rings. The van der Waals surface area contributed by atoms with Crippen molar-refractivity contribution in [2.45, 2.75) is 12.5 Å². The number of aromatic nitrogens is 1. The zero-order chi connectivity index (χ0) is 14.8. The van der Waals surface area contributed by atoms with Crippen LogP contribution in [0.25, 0.3) is 27.4 Å². The van der Waals surface area contributed by atoms with Gasteiger partial charge in [-0.15, -0.1) is 0 Å². The number of hydrogen-bond donors (Lipinski definition) is 2. The summed E-state index contributed by atoms with van der Waals surface area (Å²) < 4.78 is 2.36. The van der Waals surface area contributed by atoms with Gasteiger partial charge in [0.05, 0.1) is 11.6 Å². The van der Waals surface area contributed by atoms with Gasteiger partial charge in [-0.2, -0.15) is 0 Å². The van der Waals surface area contributed by atoms with Crippen LogP contribution in [0.2, 0.25) is 0 Å². The molecule has 22 heavy (non-hydrogen) atoms. The van der Waals surface area contributed by atoms with Crippen molar-refractivity contribution in [2.24, 2.45) is 0 Å². The first-order valence-electron chi connectivity index (χ1n) is 7.55. The van der Waals surface area contributed by atoms with Gasteiger partial charge in [-0.05, 0) is 23.5 Å². The summed E-state index contributed by atoms with van der Waals surface area (Å²) >= 11 is 0. The molecule has 0 saturated carbocycles. The fraction of sp³-hybridized carbons (Fsp3) is 0.111. The summed E-state index contributed by atoms with van der Waals surface area (Å²) in [7, 11) is -1.43. The van der Waals surface area contributed by atoms with Crippen molar-refractivity contribution in [3.63, 3.8) is 0 Å². The normalized spacial score (nSPS) is 18.8. The maximum absolute atomic E-state index is 9.49. The monoisotopic (exact) mass is 287 g/mol. The van der Waals surface area contributed by atoms with E-state index >= 15 is 0 Å². The third kappa shape index (κ3) is 1.39. The molecule has 106 valence electrons. The molecule has 0 radical (unpaired) electrons. The lowest BCUT2D eigenvalue weighted by Gasteiger charge is -2.18. The van der Waals surface area contributed by atoms with Crippen LogP contribution in [0.15, 0.2) is 54.6 Å². The van der Waals surface area contributed by atoms with Crippen LogP contribution in [-0.4, -0.2) is 21.7 Å². The summed E-state index contributed by atoms with van der Waals surface area (Å²) in [4.78, 5) is 0. The smallest absolute Gasteiger partial charge is 0.423 e. The fourth-order valence-corrected chi connectivity index (χ4v) is 3.96. The molecule has 4 heteroatoms. The summed E-state index contributed by atoms with van der Waals surface area (Å²) in [5.41, 5.74) is 5.55. The molecule has 2 N–H and O–H groups in total. The van der Waals surface area contributed by atoms with Gasteiger partial charge in [-0.1, -0.05) is 48.6 Å². The maximum Gasteiger partial charge on any atom is 0.488 e. The summed E-state index contributed by atoms with van der Waals surface area (Å²) in [6, 6.07) is 12.5. The van der Waals surface area contributed by atoms with E-state index in [4.69, 9.17) is 0 Å². The predicted molar refractivity (Wildman–Crippen MR) is 90.0 cm³/mol. The van der Waals surface area contributed by atoms with Crippen LogP contribution >= 0.6 is 0 Å². The molecule has 0 saturated heterocycles. The van der Waals surface area contributed by atoms with Crippen LogP contribution in [0.4, 0.5) is 0 Å². The van der Waals surface area contributed by atoms with Gasteiger partial charge in [0.15, 0.2) is 0 Å². The number of hydrogen-bond acceptors (Lipinski definition) is 2. The first kappa shape index (κ1) is 12.3. The second-order valence-corrected chi connectivity index (χ2v) is 6.02. The Morgan fingerprint density at radius 2 is 2.00 bits per heavy atom. The van der Waals surface area contributed by atoms with E-state index in [0.717, 1.165) is 11.9 Å². The molecule has 3 nitrogen and oxygen atoms in total. The van der Waals surface area contributed by atoms with Gasteiger partial charge in [0.1, 0.15) is 0 Å². The molecular formula is C18H14BNO2. The van der Waals surface area contributed by atoms with E-state index in [0.29, 0.717) is 11.5 Å². The lowest BCUT2D eigenvalue weighted by molar-refractivity contribution is 0.426. The molecule has 1 aliphatic heterocycles. The Morgan fingerprint density at radius 3 is 2.86 bits per heavy atom. The van der Waals surface area contributed by atoms with Crippen molar-refractivity contribution < 1.29 is 10.0 Å². The Labute approximate surface area is 127 Å². The molecule has 0 spiro atoms. The van der Waals surface area contributed by atoms with E-state index in [-0.39, 0.29) is 0 Å². The molecule has 2 aliphatic rings. The van der Waals surface area contributed by atoms with Gasteiger partial charge < -0.3 is 14.6 Å². The third-order valence-electron chi connectivity index (χ3n) is 4.90. The van der Waals surface area contributed by atoms with Gasteiger partial charge in [0, 0.05) is 21.9 Å². The molecule has 2 aromatic carbocycles. The van der Waals surface area contributed by atoms with Gasteiger partial charge in [-0.25, -0.2) is 0 Å². The standard InChI is InChI=1S/C18H14BNO2/c21-19(22)11-8-9-13-15-6-3-5-14-12-4-1-2-7-16(12)20(18(14)15)17(13)10-11/h1-6,8-10,16,21-22H,7H2. The number of nitrogens with zero attached hydrogens (tertiary/aromatic N) is 1. The van der Waals surface area contributed by atoms with Gasteiger partial charge in [-0.3, -0.25) is 0 Å². The van der Waals surface area contributed by atoms with E-state index in [1.54, 1.807) is 6.07 Å². The summed E-state index contributed by atoms with van der Waals surface area (Å²) in [6.07, 6.45) is 7.50. The van der Waals surface area contributed by atoms with E-state index in [2.05, 4.69) is 41.0 Å². The first-order chi connectivity index (χ1) is 10.8. The molecule has 1 aromatic heterocycles. The van der Waals surface area contributed by atoms with Crippen molar-refractivity contribution in [2.75, 3.05) is 0 Å². The van der Waals surface area contributed by atoms with Crippen molar-refractivity contribution >= 4 is 40.0 Å². The van der Waals surface area contributed by atoms with E-state index in [1.165, 1.54) is 27.4 Å². The first-order valence-corrected chi connectivity index (χ1v) is 7.55. The lowest BCUT2D eigenvalue weighted by atomic mass is 9.80. The summed E-state index contributed by atoms with van der Waals surface area (Å²) in [6.45, 7) is 0.